The SMILES string of the molecule is CCNc1ccnc(CO)c1. The molecule has 0 aliphatic carbocycles. The Kier molecular flexibility index (Phi) is 2.86. The van der Waals surface area contributed by atoms with E-state index < -0.39 is 0 Å². The fourth-order valence-corrected chi connectivity index (χ4v) is 0.879. The van der Waals surface area contributed by atoms with Crippen LogP contribution in [0, 0.1) is 0 Å². The van der Waals surface area contributed by atoms with Gasteiger partial charge in [0.25, 0.3) is 0 Å². The number of hydrogen-bond acceptors (Lipinski definition) is 3. The van der Waals surface area contributed by atoms with E-state index in [1.165, 1.54) is 0 Å². The Labute approximate surface area is 66.1 Å². The first-order chi connectivity index (χ1) is 5.36. The van der Waals surface area contributed by atoms with E-state index in [1.807, 2.05) is 19.1 Å². The molecule has 60 valence electrons. The van der Waals surface area contributed by atoms with Gasteiger partial charge in [-0.3, -0.25) is 4.98 Å². The zero-order valence-corrected chi connectivity index (χ0v) is 6.54. The van der Waals surface area contributed by atoms with E-state index in [1.54, 1.807) is 6.20 Å². The molecular formula is C8H12N2O. The van der Waals surface area contributed by atoms with E-state index in [0.29, 0.717) is 5.69 Å². The summed E-state index contributed by atoms with van der Waals surface area (Å²) in [5, 5.41) is 11.9. The number of pyridine rings is 1. The summed E-state index contributed by atoms with van der Waals surface area (Å²) >= 11 is 0. The van der Waals surface area contributed by atoms with Gasteiger partial charge < -0.3 is 10.4 Å². The summed E-state index contributed by atoms with van der Waals surface area (Å²) in [5.41, 5.74) is 1.70. The average molecular weight is 152 g/mol. The lowest BCUT2D eigenvalue weighted by Crippen LogP contribution is -1.98. The molecular weight excluding hydrogens is 140 g/mol. The van der Waals surface area contributed by atoms with Gasteiger partial charge in [0.15, 0.2) is 0 Å². The van der Waals surface area contributed by atoms with Crippen molar-refractivity contribution in [2.75, 3.05) is 11.9 Å². The zero-order valence-electron chi connectivity index (χ0n) is 6.54. The monoisotopic (exact) mass is 152 g/mol. The lowest BCUT2D eigenvalue weighted by Gasteiger charge is -2.02. The molecule has 0 amide bonds. The van der Waals surface area contributed by atoms with Crippen molar-refractivity contribution in [3.63, 3.8) is 0 Å². The van der Waals surface area contributed by atoms with Crippen LogP contribution in [0.2, 0.25) is 0 Å². The third-order valence-corrected chi connectivity index (χ3v) is 1.36. The van der Waals surface area contributed by atoms with Gasteiger partial charge in [-0.05, 0) is 19.1 Å². The molecule has 0 aromatic carbocycles. The number of rotatable bonds is 3. The molecule has 0 atom stereocenters. The summed E-state index contributed by atoms with van der Waals surface area (Å²) in [5.74, 6) is 0. The molecule has 11 heavy (non-hydrogen) atoms. The quantitative estimate of drug-likeness (QED) is 0.679. The fraction of sp³-hybridized carbons (Fsp3) is 0.375. The Morgan fingerprint density at radius 2 is 2.45 bits per heavy atom. The van der Waals surface area contributed by atoms with Crippen molar-refractivity contribution < 1.29 is 5.11 Å². The molecule has 0 bridgehead atoms. The van der Waals surface area contributed by atoms with Crippen LogP contribution in [-0.4, -0.2) is 16.6 Å². The summed E-state index contributed by atoms with van der Waals surface area (Å²) in [6.45, 7) is 2.91. The lowest BCUT2D eigenvalue weighted by molar-refractivity contribution is 0.277. The van der Waals surface area contributed by atoms with Crippen LogP contribution in [0.3, 0.4) is 0 Å². The van der Waals surface area contributed by atoms with E-state index in [4.69, 9.17) is 5.11 Å². The van der Waals surface area contributed by atoms with Crippen molar-refractivity contribution in [1.29, 1.82) is 0 Å². The topological polar surface area (TPSA) is 45.2 Å². The van der Waals surface area contributed by atoms with Gasteiger partial charge >= 0.3 is 0 Å². The molecule has 0 spiro atoms. The first-order valence-corrected chi connectivity index (χ1v) is 3.66. The molecule has 3 heteroatoms. The average Bonchev–Trinajstić information content (AvgIpc) is 2.06. The van der Waals surface area contributed by atoms with Gasteiger partial charge in [-0.25, -0.2) is 0 Å². The minimum Gasteiger partial charge on any atom is -0.390 e. The van der Waals surface area contributed by atoms with Gasteiger partial charge in [-0.15, -0.1) is 0 Å². The Hall–Kier alpha value is -1.09. The lowest BCUT2D eigenvalue weighted by atomic mass is 10.3. The summed E-state index contributed by atoms with van der Waals surface area (Å²) in [6.07, 6.45) is 1.68. The number of aromatic nitrogens is 1. The van der Waals surface area contributed by atoms with Crippen LogP contribution in [-0.2, 0) is 6.61 Å². The Balaban J connectivity index is 2.74. The second-order valence-electron chi connectivity index (χ2n) is 2.22. The van der Waals surface area contributed by atoms with E-state index >= 15 is 0 Å². The molecule has 0 aliphatic rings. The predicted octanol–water partition coefficient (Wildman–Crippen LogP) is 1.01. The maximum absolute atomic E-state index is 8.74. The second-order valence-corrected chi connectivity index (χ2v) is 2.22. The van der Waals surface area contributed by atoms with Gasteiger partial charge in [0.05, 0.1) is 12.3 Å². The number of hydrogen-bond donors (Lipinski definition) is 2. The number of nitrogens with zero attached hydrogens (tertiary/aromatic N) is 1. The molecule has 0 fully saturated rings. The molecule has 1 aromatic heterocycles. The highest BCUT2D eigenvalue weighted by atomic mass is 16.3. The van der Waals surface area contributed by atoms with Gasteiger partial charge in [-0.2, -0.15) is 0 Å². The standard InChI is InChI=1S/C8H12N2O/c1-2-9-7-3-4-10-8(5-7)6-11/h3-5,11H,2,6H2,1H3,(H,9,10). The van der Waals surface area contributed by atoms with Crippen LogP contribution in [0.1, 0.15) is 12.6 Å². The Morgan fingerprint density at radius 1 is 1.64 bits per heavy atom. The highest BCUT2D eigenvalue weighted by molar-refractivity contribution is 5.42. The van der Waals surface area contributed by atoms with Crippen molar-refractivity contribution in [1.82, 2.24) is 4.98 Å². The highest BCUT2D eigenvalue weighted by Gasteiger charge is 1.92. The molecule has 3 nitrogen and oxygen atoms in total. The van der Waals surface area contributed by atoms with Crippen molar-refractivity contribution >= 4 is 5.69 Å². The van der Waals surface area contributed by atoms with Gasteiger partial charge in [0.2, 0.25) is 0 Å². The molecule has 0 saturated carbocycles. The van der Waals surface area contributed by atoms with E-state index in [0.717, 1.165) is 12.2 Å². The van der Waals surface area contributed by atoms with Gasteiger partial charge in [-0.1, -0.05) is 0 Å². The Bertz CT molecular complexity index is 225. The molecule has 1 rings (SSSR count). The molecule has 2 N–H and O–H groups in total. The van der Waals surface area contributed by atoms with Crippen molar-refractivity contribution in [3.8, 4) is 0 Å². The summed E-state index contributed by atoms with van der Waals surface area (Å²) in [6, 6.07) is 3.71. The number of nitrogens with one attached hydrogen (secondary N) is 1. The summed E-state index contributed by atoms with van der Waals surface area (Å²) in [7, 11) is 0. The van der Waals surface area contributed by atoms with Gasteiger partial charge in [0, 0.05) is 18.4 Å². The molecule has 1 heterocycles. The second kappa shape index (κ2) is 3.93. The third-order valence-electron chi connectivity index (χ3n) is 1.36. The maximum atomic E-state index is 8.74. The summed E-state index contributed by atoms with van der Waals surface area (Å²) in [4.78, 5) is 3.95. The molecule has 0 unspecified atom stereocenters. The van der Waals surface area contributed by atoms with Crippen LogP contribution in [0.5, 0.6) is 0 Å². The normalized spacial score (nSPS) is 9.64. The molecule has 0 radical (unpaired) electrons. The zero-order chi connectivity index (χ0) is 8.10. The molecule has 0 saturated heterocycles. The fourth-order valence-electron chi connectivity index (χ4n) is 0.879. The van der Waals surface area contributed by atoms with Gasteiger partial charge in [0.1, 0.15) is 0 Å². The highest BCUT2D eigenvalue weighted by Crippen LogP contribution is 2.06. The first kappa shape index (κ1) is 8.01. The molecule has 0 aliphatic heterocycles. The van der Waals surface area contributed by atoms with Crippen molar-refractivity contribution in [3.05, 3.63) is 24.0 Å². The van der Waals surface area contributed by atoms with E-state index in [-0.39, 0.29) is 6.61 Å². The van der Waals surface area contributed by atoms with Crippen LogP contribution in [0.25, 0.3) is 0 Å². The first-order valence-electron chi connectivity index (χ1n) is 3.66. The van der Waals surface area contributed by atoms with E-state index in [9.17, 15) is 0 Å². The molecule has 1 aromatic rings. The van der Waals surface area contributed by atoms with Crippen LogP contribution in [0.4, 0.5) is 5.69 Å². The third kappa shape index (κ3) is 2.20. The van der Waals surface area contributed by atoms with Crippen LogP contribution >= 0.6 is 0 Å². The maximum Gasteiger partial charge on any atom is 0.0853 e. The smallest absolute Gasteiger partial charge is 0.0853 e. The predicted molar refractivity (Wildman–Crippen MR) is 44.3 cm³/mol. The number of aliphatic hydroxyl groups excluding tert-OH is 1. The number of aliphatic hydroxyl groups is 1. The van der Waals surface area contributed by atoms with Crippen LogP contribution in [0.15, 0.2) is 18.3 Å². The van der Waals surface area contributed by atoms with Crippen molar-refractivity contribution in [2.24, 2.45) is 0 Å². The van der Waals surface area contributed by atoms with E-state index in [2.05, 4.69) is 10.3 Å². The van der Waals surface area contributed by atoms with Crippen molar-refractivity contribution in [2.45, 2.75) is 13.5 Å². The largest absolute Gasteiger partial charge is 0.390 e. The summed E-state index contributed by atoms with van der Waals surface area (Å²) < 4.78 is 0. The van der Waals surface area contributed by atoms with Crippen LogP contribution < -0.4 is 5.32 Å². The number of anilines is 1. The Morgan fingerprint density at radius 3 is 3.09 bits per heavy atom. The minimum atomic E-state index is -0.000760. The minimum absolute atomic E-state index is 0.000760.